The van der Waals surface area contributed by atoms with E-state index in [1.54, 1.807) is 0 Å². The van der Waals surface area contributed by atoms with Crippen LogP contribution in [-0.4, -0.2) is 57.1 Å². The van der Waals surface area contributed by atoms with Crippen molar-refractivity contribution >= 4 is 21.9 Å². The summed E-state index contributed by atoms with van der Waals surface area (Å²) in [6, 6.07) is 5.91. The molecule has 1 aromatic carbocycles. The first-order chi connectivity index (χ1) is 10.2. The standard InChI is InChI=1S/C13H18N2O6S/c1-21-6-5-15(8-12(16)17)13(18)11-4-2-3-10(7-11)9-22(14,19)20/h2-4,7H,5-6,8-9H2,1H3,(H,16,17)(H2,14,19,20). The van der Waals surface area contributed by atoms with Crippen molar-refractivity contribution in [3.8, 4) is 0 Å². The second-order valence-corrected chi connectivity index (χ2v) is 6.24. The second-order valence-electron chi connectivity index (χ2n) is 4.62. The van der Waals surface area contributed by atoms with Gasteiger partial charge >= 0.3 is 5.97 Å². The van der Waals surface area contributed by atoms with Gasteiger partial charge in [-0.05, 0) is 17.7 Å². The van der Waals surface area contributed by atoms with Crippen molar-refractivity contribution in [2.24, 2.45) is 5.14 Å². The molecule has 0 bridgehead atoms. The fourth-order valence-corrected chi connectivity index (χ4v) is 2.47. The highest BCUT2D eigenvalue weighted by Crippen LogP contribution is 2.11. The molecule has 1 rings (SSSR count). The molecular formula is C13H18N2O6S. The SMILES string of the molecule is COCCN(CC(=O)O)C(=O)c1cccc(CS(N)(=O)=O)c1. The number of aliphatic carboxylic acids is 1. The molecular weight excluding hydrogens is 312 g/mol. The van der Waals surface area contributed by atoms with Gasteiger partial charge < -0.3 is 14.7 Å². The average Bonchev–Trinajstić information content (AvgIpc) is 2.40. The minimum atomic E-state index is -3.71. The fraction of sp³-hybridized carbons (Fsp3) is 0.385. The number of benzene rings is 1. The first kappa shape index (κ1) is 18.1. The number of carbonyl (C=O) groups excluding carboxylic acids is 1. The van der Waals surface area contributed by atoms with E-state index in [9.17, 15) is 18.0 Å². The van der Waals surface area contributed by atoms with Gasteiger partial charge in [0.05, 0.1) is 12.4 Å². The molecule has 9 heteroatoms. The van der Waals surface area contributed by atoms with Crippen molar-refractivity contribution in [3.05, 3.63) is 35.4 Å². The minimum Gasteiger partial charge on any atom is -0.480 e. The van der Waals surface area contributed by atoms with Crippen LogP contribution in [0.15, 0.2) is 24.3 Å². The van der Waals surface area contributed by atoms with Crippen molar-refractivity contribution in [2.45, 2.75) is 5.75 Å². The molecule has 122 valence electrons. The Morgan fingerprint density at radius 2 is 2.05 bits per heavy atom. The highest BCUT2D eigenvalue weighted by Gasteiger charge is 2.19. The zero-order valence-corrected chi connectivity index (χ0v) is 12.9. The lowest BCUT2D eigenvalue weighted by atomic mass is 10.1. The van der Waals surface area contributed by atoms with E-state index in [-0.39, 0.29) is 18.7 Å². The molecule has 0 aliphatic rings. The van der Waals surface area contributed by atoms with E-state index in [2.05, 4.69) is 0 Å². The normalized spacial score (nSPS) is 11.2. The van der Waals surface area contributed by atoms with Gasteiger partial charge in [0.25, 0.3) is 5.91 Å². The number of ether oxygens (including phenoxy) is 1. The van der Waals surface area contributed by atoms with Crippen LogP contribution in [0.1, 0.15) is 15.9 Å². The topological polar surface area (TPSA) is 127 Å². The van der Waals surface area contributed by atoms with Crippen molar-refractivity contribution in [2.75, 3.05) is 26.8 Å². The molecule has 0 radical (unpaired) electrons. The first-order valence-corrected chi connectivity index (χ1v) is 8.04. The van der Waals surface area contributed by atoms with Gasteiger partial charge in [-0.1, -0.05) is 12.1 Å². The number of amides is 1. The summed E-state index contributed by atoms with van der Waals surface area (Å²) in [5.41, 5.74) is 0.550. The van der Waals surface area contributed by atoms with E-state index >= 15 is 0 Å². The number of carboxylic acid groups (broad SMARTS) is 1. The maximum atomic E-state index is 12.3. The Bertz CT molecular complexity index is 644. The van der Waals surface area contributed by atoms with Crippen LogP contribution >= 0.6 is 0 Å². The Morgan fingerprint density at radius 1 is 1.36 bits per heavy atom. The van der Waals surface area contributed by atoms with Gasteiger partial charge in [-0.3, -0.25) is 9.59 Å². The van der Waals surface area contributed by atoms with E-state index in [4.69, 9.17) is 15.0 Å². The summed E-state index contributed by atoms with van der Waals surface area (Å²) >= 11 is 0. The Labute approximate surface area is 128 Å². The number of hydrogen-bond donors (Lipinski definition) is 2. The van der Waals surface area contributed by atoms with E-state index in [0.717, 1.165) is 4.90 Å². The van der Waals surface area contributed by atoms with Gasteiger partial charge in [0, 0.05) is 19.2 Å². The molecule has 0 spiro atoms. The summed E-state index contributed by atoms with van der Waals surface area (Å²) in [6.45, 7) is -0.168. The zero-order valence-electron chi connectivity index (χ0n) is 12.1. The Kier molecular flexibility index (Phi) is 6.47. The highest BCUT2D eigenvalue weighted by molar-refractivity contribution is 7.88. The molecule has 0 aromatic heterocycles. The lowest BCUT2D eigenvalue weighted by molar-refractivity contribution is -0.137. The summed E-state index contributed by atoms with van der Waals surface area (Å²) in [7, 11) is -2.27. The number of rotatable bonds is 8. The molecule has 0 atom stereocenters. The summed E-state index contributed by atoms with van der Waals surface area (Å²) in [5.74, 6) is -2.06. The third-order valence-corrected chi connectivity index (χ3v) is 3.46. The zero-order chi connectivity index (χ0) is 16.8. The number of primary sulfonamides is 1. The molecule has 8 nitrogen and oxygen atoms in total. The summed E-state index contributed by atoms with van der Waals surface area (Å²) in [4.78, 5) is 24.3. The third kappa shape index (κ3) is 6.20. The number of carboxylic acids is 1. The van der Waals surface area contributed by atoms with Crippen LogP contribution < -0.4 is 5.14 Å². The number of methoxy groups -OCH3 is 1. The van der Waals surface area contributed by atoms with Gasteiger partial charge in [-0.15, -0.1) is 0 Å². The molecule has 0 saturated carbocycles. The van der Waals surface area contributed by atoms with Crippen LogP contribution in [0.3, 0.4) is 0 Å². The summed E-state index contributed by atoms with van der Waals surface area (Å²) in [5, 5.41) is 13.8. The number of hydrogen-bond acceptors (Lipinski definition) is 5. The summed E-state index contributed by atoms with van der Waals surface area (Å²) in [6.07, 6.45) is 0. The predicted octanol–water partition coefficient (Wildman–Crippen LogP) is -0.352. The fourth-order valence-electron chi connectivity index (χ4n) is 1.83. The van der Waals surface area contributed by atoms with Gasteiger partial charge in [-0.2, -0.15) is 0 Å². The second kappa shape index (κ2) is 7.87. The smallest absolute Gasteiger partial charge is 0.323 e. The lowest BCUT2D eigenvalue weighted by Gasteiger charge is -2.20. The van der Waals surface area contributed by atoms with Crippen LogP contribution in [-0.2, 0) is 25.3 Å². The van der Waals surface area contributed by atoms with E-state index in [1.807, 2.05) is 0 Å². The van der Waals surface area contributed by atoms with Crippen LogP contribution in [0.25, 0.3) is 0 Å². The number of nitrogens with two attached hydrogens (primary N) is 1. The maximum absolute atomic E-state index is 12.3. The van der Waals surface area contributed by atoms with E-state index in [0.29, 0.717) is 5.56 Å². The molecule has 3 N–H and O–H groups in total. The average molecular weight is 330 g/mol. The minimum absolute atomic E-state index is 0.112. The van der Waals surface area contributed by atoms with Crippen LogP contribution in [0.4, 0.5) is 0 Å². The first-order valence-electron chi connectivity index (χ1n) is 6.32. The predicted molar refractivity (Wildman–Crippen MR) is 78.7 cm³/mol. The van der Waals surface area contributed by atoms with E-state index in [1.165, 1.54) is 31.4 Å². The number of sulfonamides is 1. The van der Waals surface area contributed by atoms with Gasteiger partial charge in [-0.25, -0.2) is 13.6 Å². The van der Waals surface area contributed by atoms with E-state index < -0.39 is 34.2 Å². The molecule has 1 aromatic rings. The molecule has 0 saturated heterocycles. The van der Waals surface area contributed by atoms with Crippen molar-refractivity contribution in [1.82, 2.24) is 4.90 Å². The molecule has 0 fully saturated rings. The van der Waals surface area contributed by atoms with Gasteiger partial charge in [0.15, 0.2) is 0 Å². The quantitative estimate of drug-likeness (QED) is 0.670. The Morgan fingerprint density at radius 3 is 2.59 bits per heavy atom. The van der Waals surface area contributed by atoms with Crippen molar-refractivity contribution < 1.29 is 27.9 Å². The van der Waals surface area contributed by atoms with Crippen molar-refractivity contribution in [3.63, 3.8) is 0 Å². The van der Waals surface area contributed by atoms with Gasteiger partial charge in [0.2, 0.25) is 10.0 Å². The molecule has 1 amide bonds. The highest BCUT2D eigenvalue weighted by atomic mass is 32.2. The summed E-state index contributed by atoms with van der Waals surface area (Å²) < 4.78 is 27.0. The Balaban J connectivity index is 2.97. The maximum Gasteiger partial charge on any atom is 0.323 e. The molecule has 0 aliphatic heterocycles. The monoisotopic (exact) mass is 330 g/mol. The molecule has 22 heavy (non-hydrogen) atoms. The molecule has 0 unspecified atom stereocenters. The number of nitrogens with zero attached hydrogens (tertiary/aromatic N) is 1. The third-order valence-electron chi connectivity index (χ3n) is 2.72. The van der Waals surface area contributed by atoms with Crippen LogP contribution in [0, 0.1) is 0 Å². The molecule has 0 heterocycles. The van der Waals surface area contributed by atoms with Gasteiger partial charge in [0.1, 0.15) is 6.54 Å². The lowest BCUT2D eigenvalue weighted by Crippen LogP contribution is -2.38. The molecule has 0 aliphatic carbocycles. The number of carbonyl (C=O) groups is 2. The Hall–Kier alpha value is -1.97. The van der Waals surface area contributed by atoms with Crippen LogP contribution in [0.2, 0.25) is 0 Å². The van der Waals surface area contributed by atoms with Crippen LogP contribution in [0.5, 0.6) is 0 Å². The van der Waals surface area contributed by atoms with Crippen molar-refractivity contribution in [1.29, 1.82) is 0 Å². The largest absolute Gasteiger partial charge is 0.480 e.